The molecule has 0 saturated heterocycles. The van der Waals surface area contributed by atoms with E-state index in [1.807, 2.05) is 74.5 Å². The van der Waals surface area contributed by atoms with E-state index in [-0.39, 0.29) is 0 Å². The van der Waals surface area contributed by atoms with Crippen molar-refractivity contribution in [3.05, 3.63) is 119 Å². The van der Waals surface area contributed by atoms with Gasteiger partial charge in [0.1, 0.15) is 11.6 Å². The molecule has 0 radical (unpaired) electrons. The smallest absolute Gasteiger partial charge is 0.205 e. The molecule has 194 valence electrons. The number of rotatable bonds is 9. The number of hydrogen-bond acceptors (Lipinski definition) is 3. The molecule has 4 aromatic carbocycles. The predicted octanol–water partition coefficient (Wildman–Crippen LogP) is 8.25. The molecular formula is C30H30F2O3S2. The lowest BCUT2D eigenvalue weighted by atomic mass is 10.0. The maximum atomic E-state index is 14.8. The summed E-state index contributed by atoms with van der Waals surface area (Å²) in [5, 5.41) is 0. The minimum Gasteiger partial charge on any atom is -0.205 e. The molecule has 4 rings (SSSR count). The number of aryl methyl sites for hydroxylation is 3. The molecule has 0 aliphatic carbocycles. The number of halogens is 2. The molecule has 0 unspecified atom stereocenters. The summed E-state index contributed by atoms with van der Waals surface area (Å²) in [6, 6.07) is 25.4. The molecule has 0 fully saturated rings. The van der Waals surface area contributed by atoms with Gasteiger partial charge in [-0.25, -0.2) is 12.4 Å². The summed E-state index contributed by atoms with van der Waals surface area (Å²) < 4.78 is 63.6. The predicted molar refractivity (Wildman–Crippen MR) is 144 cm³/mol. The minimum atomic E-state index is -4.90. The Morgan fingerprint density at radius 3 is 1.49 bits per heavy atom. The van der Waals surface area contributed by atoms with Gasteiger partial charge >= 0.3 is 10.1 Å². The lowest BCUT2D eigenvalue weighted by molar-refractivity contribution is 0.474. The van der Waals surface area contributed by atoms with Gasteiger partial charge in [0, 0.05) is 14.7 Å². The SMILES string of the molecule is CCc1cc(CC)c(S(OS(=O)(=O)c2c(F)cccc2F)(c2ccccc2)c2ccccc2)c(CC)c1. The Labute approximate surface area is 219 Å². The molecule has 0 amide bonds. The average Bonchev–Trinajstić information content (AvgIpc) is 2.91. The Kier molecular flexibility index (Phi) is 8.17. The number of benzene rings is 4. The molecule has 4 aromatic rings. The molecule has 0 bridgehead atoms. The first-order chi connectivity index (χ1) is 17.8. The minimum absolute atomic E-state index is 0.621. The van der Waals surface area contributed by atoms with Crippen LogP contribution in [0.1, 0.15) is 37.5 Å². The maximum Gasteiger partial charge on any atom is 0.313 e. The zero-order valence-corrected chi connectivity index (χ0v) is 22.7. The fourth-order valence-electron chi connectivity index (χ4n) is 4.52. The highest BCUT2D eigenvalue weighted by molar-refractivity contribution is 8.33. The van der Waals surface area contributed by atoms with Gasteiger partial charge in [-0.3, -0.25) is 0 Å². The second-order valence-electron chi connectivity index (χ2n) is 8.56. The van der Waals surface area contributed by atoms with Crippen LogP contribution < -0.4 is 0 Å². The molecular weight excluding hydrogens is 510 g/mol. The Morgan fingerprint density at radius 2 is 1.08 bits per heavy atom. The van der Waals surface area contributed by atoms with Crippen LogP contribution in [0.15, 0.2) is 111 Å². The highest BCUT2D eigenvalue weighted by Crippen LogP contribution is 2.72. The molecule has 7 heteroatoms. The van der Waals surface area contributed by atoms with Crippen molar-refractivity contribution in [1.29, 1.82) is 0 Å². The highest BCUT2D eigenvalue weighted by Gasteiger charge is 2.42. The van der Waals surface area contributed by atoms with Crippen LogP contribution in [0, 0.1) is 11.6 Å². The van der Waals surface area contributed by atoms with Crippen LogP contribution in [0.5, 0.6) is 0 Å². The summed E-state index contributed by atoms with van der Waals surface area (Å²) >= 11 is 0. The van der Waals surface area contributed by atoms with Gasteiger partial charge in [0.15, 0.2) is 4.90 Å². The van der Waals surface area contributed by atoms with Crippen LogP contribution in [0.3, 0.4) is 0 Å². The first-order valence-corrected chi connectivity index (χ1v) is 15.2. The molecule has 0 saturated carbocycles. The summed E-state index contributed by atoms with van der Waals surface area (Å²) in [4.78, 5) is 0.915. The van der Waals surface area contributed by atoms with Crippen LogP contribution in [-0.2, 0) is 33.0 Å². The molecule has 37 heavy (non-hydrogen) atoms. The Hall–Kier alpha value is -3.00. The van der Waals surface area contributed by atoms with Gasteiger partial charge in [-0.15, -0.1) is 0 Å². The summed E-state index contributed by atoms with van der Waals surface area (Å²) in [5.74, 6) is -2.38. The van der Waals surface area contributed by atoms with Gasteiger partial charge in [0.25, 0.3) is 0 Å². The first kappa shape index (κ1) is 27.0. The van der Waals surface area contributed by atoms with Crippen LogP contribution in [-0.4, -0.2) is 8.42 Å². The van der Waals surface area contributed by atoms with Crippen molar-refractivity contribution in [2.75, 3.05) is 0 Å². The fraction of sp³-hybridized carbons (Fsp3) is 0.200. The summed E-state index contributed by atoms with van der Waals surface area (Å²) in [5.41, 5.74) is 3.03. The van der Waals surface area contributed by atoms with Crippen molar-refractivity contribution in [3.8, 4) is 0 Å². The van der Waals surface area contributed by atoms with Crippen LogP contribution >= 0.6 is 10.3 Å². The third-order valence-electron chi connectivity index (χ3n) is 6.27. The lowest BCUT2D eigenvalue weighted by Gasteiger charge is -2.42. The zero-order valence-electron chi connectivity index (χ0n) is 21.1. The maximum absolute atomic E-state index is 14.8. The summed E-state index contributed by atoms with van der Waals surface area (Å²) in [7, 11) is -7.91. The van der Waals surface area contributed by atoms with Crippen molar-refractivity contribution >= 4 is 20.4 Å². The standard InChI is InChI=1S/C30H30F2O3S2/c1-4-22-20-23(5-2)29(24(6-3)21-22)36(25-14-9-7-10-15-25,26-16-11-8-12-17-26)35-37(33,34)30-27(31)18-13-19-28(30)32/h7-21H,4-6H2,1-3H3. The van der Waals surface area contributed by atoms with E-state index in [1.54, 1.807) is 0 Å². The molecule has 3 nitrogen and oxygen atoms in total. The van der Waals surface area contributed by atoms with Crippen molar-refractivity contribution in [3.63, 3.8) is 0 Å². The third-order valence-corrected chi connectivity index (χ3v) is 11.7. The number of hydrogen-bond donors (Lipinski definition) is 0. The van der Waals surface area contributed by atoms with Gasteiger partial charge in [-0.2, -0.15) is 8.42 Å². The average molecular weight is 541 g/mol. The van der Waals surface area contributed by atoms with Gasteiger partial charge < -0.3 is 0 Å². The molecule has 0 heterocycles. The monoisotopic (exact) mass is 540 g/mol. The van der Waals surface area contributed by atoms with Gasteiger partial charge in [0.2, 0.25) is 0 Å². The van der Waals surface area contributed by atoms with Crippen molar-refractivity contribution in [1.82, 2.24) is 0 Å². The summed E-state index contributed by atoms with van der Waals surface area (Å²) in [6.07, 6.45) is 2.07. The van der Waals surface area contributed by atoms with E-state index in [1.165, 1.54) is 0 Å². The van der Waals surface area contributed by atoms with E-state index in [4.69, 9.17) is 3.63 Å². The molecule has 0 aromatic heterocycles. The van der Waals surface area contributed by atoms with E-state index in [2.05, 4.69) is 19.1 Å². The normalized spacial score (nSPS) is 12.5. The second kappa shape index (κ2) is 11.2. The molecule has 0 atom stereocenters. The van der Waals surface area contributed by atoms with E-state index in [9.17, 15) is 17.2 Å². The van der Waals surface area contributed by atoms with Crippen molar-refractivity contribution in [2.24, 2.45) is 0 Å². The van der Waals surface area contributed by atoms with E-state index < -0.39 is 37.0 Å². The Bertz CT molecular complexity index is 1400. The molecule has 0 N–H and O–H groups in total. The Balaban J connectivity index is 2.17. The third kappa shape index (κ3) is 5.08. The topological polar surface area (TPSA) is 43.4 Å². The van der Waals surface area contributed by atoms with Gasteiger partial charge in [-0.05, 0) is 82.7 Å². The van der Waals surface area contributed by atoms with E-state index >= 15 is 0 Å². The van der Waals surface area contributed by atoms with E-state index in [0.29, 0.717) is 22.6 Å². The van der Waals surface area contributed by atoms with Gasteiger partial charge in [0.05, 0.1) is 0 Å². The fourth-order valence-corrected chi connectivity index (χ4v) is 10.4. The van der Waals surface area contributed by atoms with Gasteiger partial charge in [-0.1, -0.05) is 75.4 Å². The molecule has 0 spiro atoms. The Morgan fingerprint density at radius 1 is 0.622 bits per heavy atom. The largest absolute Gasteiger partial charge is 0.313 e. The molecule has 0 aliphatic rings. The lowest BCUT2D eigenvalue weighted by Crippen LogP contribution is -2.19. The van der Waals surface area contributed by atoms with Crippen LogP contribution in [0.25, 0.3) is 0 Å². The second-order valence-corrected chi connectivity index (χ2v) is 12.9. The van der Waals surface area contributed by atoms with Crippen molar-refractivity contribution in [2.45, 2.75) is 59.6 Å². The quantitative estimate of drug-likeness (QED) is 0.215. The highest BCUT2D eigenvalue weighted by atomic mass is 32.3. The van der Waals surface area contributed by atoms with Crippen LogP contribution in [0.2, 0.25) is 0 Å². The van der Waals surface area contributed by atoms with Crippen LogP contribution in [0.4, 0.5) is 8.78 Å². The first-order valence-electron chi connectivity index (χ1n) is 12.3. The van der Waals surface area contributed by atoms with Crippen molar-refractivity contribution < 1.29 is 20.8 Å². The summed E-state index contributed by atoms with van der Waals surface area (Å²) in [6.45, 7) is 6.11. The molecule has 0 aliphatic heterocycles. The zero-order chi connectivity index (χ0) is 26.6. The van der Waals surface area contributed by atoms with E-state index in [0.717, 1.165) is 46.2 Å².